The number of nitrogens with zero attached hydrogens (tertiary/aromatic N) is 19. The first-order valence-electron chi connectivity index (χ1n) is 39.3. The Kier molecular flexibility index (Phi) is 26.4. The molecule has 3 unspecified atom stereocenters. The number of aliphatic imine (C=N–C) groups is 1. The number of rotatable bonds is 16. The minimum Gasteiger partial charge on any atom is -0.352 e. The molecule has 7 aromatic heterocycles. The molecule has 0 spiro atoms. The highest BCUT2D eigenvalue weighted by Crippen LogP contribution is 2.45. The summed E-state index contributed by atoms with van der Waals surface area (Å²) in [4.78, 5) is 120. The average molecular weight is 1680 g/mol. The SMILES string of the molecule is C#CC(C)(C)Cn1c(=O)nc(N2CCN(C(=O)C=C)CC2)c2cc(Cl)c(-c3ccccc3F)nc21.C=CC(=O)N1CC(C)N(C2=NC(=C)N(c3c(C)nc(CC)nc3C(C)C)c3nc(-c4ccccc4F)c(Cl)cc32)CC1C.C=CC(=O)N1CCN(c2nc(=O)n(-c3c(C)ccnc3C(C)C)c3nc(-c4ccccc4F)c(Cl)cc23)CC1CC#N. The zero-order valence-electron chi connectivity index (χ0n) is 68.6. The van der Waals surface area contributed by atoms with Crippen molar-refractivity contribution in [1.29, 1.82) is 5.26 Å². The fourth-order valence-electron chi connectivity index (χ4n) is 15.3. The Morgan fingerprint density at radius 2 is 1.14 bits per heavy atom. The van der Waals surface area contributed by atoms with E-state index in [4.69, 9.17) is 66.2 Å². The summed E-state index contributed by atoms with van der Waals surface area (Å²) >= 11 is 20.2. The summed E-state index contributed by atoms with van der Waals surface area (Å²) < 4.78 is 47.5. The van der Waals surface area contributed by atoms with E-state index >= 15 is 4.39 Å². The van der Waals surface area contributed by atoms with Gasteiger partial charge in [-0.1, -0.05) is 138 Å². The number of hydrogen-bond acceptors (Lipinski definition) is 19. The molecule has 0 bridgehead atoms. The molecule has 3 amide bonds. The van der Waals surface area contributed by atoms with Crippen molar-refractivity contribution in [3.63, 3.8) is 0 Å². The van der Waals surface area contributed by atoms with Crippen molar-refractivity contribution in [2.24, 2.45) is 10.4 Å². The van der Waals surface area contributed by atoms with Gasteiger partial charge in [-0.05, 0) is 138 Å². The normalized spacial score (nSPS) is 16.1. The van der Waals surface area contributed by atoms with Gasteiger partial charge in [-0.15, -0.1) is 6.42 Å². The van der Waals surface area contributed by atoms with Gasteiger partial charge >= 0.3 is 11.4 Å². The number of fused-ring (bicyclic) bond motifs is 3. The molecular formula is C90H91Cl3F3N19O5. The number of nitriles is 1. The molecule has 618 valence electrons. The highest BCUT2D eigenvalue weighted by molar-refractivity contribution is 6.35. The summed E-state index contributed by atoms with van der Waals surface area (Å²) in [5.74, 6) is 3.89. The topological polar surface area (TPSA) is 257 Å². The molecule has 14 rings (SSSR count). The minimum absolute atomic E-state index is 0.0259. The molecule has 3 atom stereocenters. The van der Waals surface area contributed by atoms with Crippen LogP contribution in [0.25, 0.3) is 61.5 Å². The smallest absolute Gasteiger partial charge is 0.352 e. The average Bonchev–Trinajstić information content (AvgIpc) is 0.723. The summed E-state index contributed by atoms with van der Waals surface area (Å²) in [5.41, 5.74) is 5.30. The number of hydrogen-bond donors (Lipinski definition) is 0. The van der Waals surface area contributed by atoms with Crippen LogP contribution in [0.1, 0.15) is 115 Å². The lowest BCUT2D eigenvalue weighted by Crippen LogP contribution is -2.59. The second-order valence-corrected chi connectivity index (χ2v) is 32.0. The maximum Gasteiger partial charge on any atom is 0.355 e. The number of amidine groups is 1. The predicted molar refractivity (Wildman–Crippen MR) is 466 cm³/mol. The molecule has 0 saturated carbocycles. The Morgan fingerprint density at radius 1 is 0.617 bits per heavy atom. The third-order valence-corrected chi connectivity index (χ3v) is 22.3. The number of benzene rings is 3. The Balaban J connectivity index is 0.000000166. The molecule has 24 nitrogen and oxygen atoms in total. The van der Waals surface area contributed by atoms with E-state index in [0.717, 1.165) is 28.5 Å². The number of aryl methyl sites for hydroxylation is 3. The molecule has 0 aliphatic carbocycles. The Hall–Kier alpha value is -12.4. The van der Waals surface area contributed by atoms with Gasteiger partial charge in [-0.2, -0.15) is 15.2 Å². The number of aromatic nitrogens is 10. The van der Waals surface area contributed by atoms with E-state index in [9.17, 15) is 38.0 Å². The molecule has 3 fully saturated rings. The number of amides is 3. The standard InChI is InChI=1S/C33H37ClFN7O.C31H29ClFN7O2.C26H25ClFN5O2/c1-9-27-36-21(7)31(29(38-27)18(3)4)42-22(8)37-32(41-17-19(5)40(16-20(41)6)28(43)10-2)24-15-25(34)30(39-33(24)42)23-13-11-12-14-26(23)35;1-5-25(41)39-15-14-38(17-20(39)10-12-34)29-22-16-23(32)27(21-8-6-7-9-24(21)33)36-30(22)40(31(42)37-29)28-19(4)11-13-35-26(28)18(2)3;1-5-21(34)31-11-13-32(14-12-31)23-18-15-19(27)22(17-9-7-8-10-20(17)28)29-24(18)33(25(35)30-23)16-26(3,4)6-2/h10-15,18-20H,2,8-9,16-17H2,1,3-7H3;5-9,11,13,16,18,20H,1,10,14-15,17H2,2-4H3;2,5,7-10,15H,1,11-14,16H2,3-4H3. The van der Waals surface area contributed by atoms with E-state index in [0.29, 0.717) is 138 Å². The summed E-state index contributed by atoms with van der Waals surface area (Å²) in [6.45, 7) is 40.8. The van der Waals surface area contributed by atoms with Crippen molar-refractivity contribution in [3.05, 3.63) is 241 Å². The molecule has 0 radical (unpaired) electrons. The molecule has 3 saturated heterocycles. The Labute approximate surface area is 709 Å². The van der Waals surface area contributed by atoms with Crippen LogP contribution in [0.3, 0.4) is 0 Å². The lowest BCUT2D eigenvalue weighted by Gasteiger charge is -2.46. The second-order valence-electron chi connectivity index (χ2n) is 30.8. The molecule has 4 aliphatic rings. The van der Waals surface area contributed by atoms with Gasteiger partial charge in [0.2, 0.25) is 17.7 Å². The molecule has 11 heterocycles. The van der Waals surface area contributed by atoms with Gasteiger partial charge in [-0.3, -0.25) is 28.8 Å². The van der Waals surface area contributed by atoms with Crippen molar-refractivity contribution < 1.29 is 27.6 Å². The summed E-state index contributed by atoms with van der Waals surface area (Å²) in [6.07, 6.45) is 12.0. The monoisotopic (exact) mass is 1680 g/mol. The molecule has 3 aromatic carbocycles. The molecule has 30 heteroatoms. The van der Waals surface area contributed by atoms with Crippen LogP contribution in [0, 0.1) is 60.4 Å². The zero-order valence-corrected chi connectivity index (χ0v) is 70.9. The Bertz CT molecular complexity index is 6030. The van der Waals surface area contributed by atoms with Gasteiger partial charge in [0.25, 0.3) is 0 Å². The number of terminal acetylenes is 1. The summed E-state index contributed by atoms with van der Waals surface area (Å²) in [6, 6.07) is 27.2. The number of carbonyl (C=O) groups is 3. The fourth-order valence-corrected chi connectivity index (χ4v) is 16.1. The third kappa shape index (κ3) is 17.5. The quantitative estimate of drug-likeness (QED) is 0.0643. The van der Waals surface area contributed by atoms with Crippen molar-refractivity contribution in [3.8, 4) is 57.9 Å². The first-order valence-corrected chi connectivity index (χ1v) is 40.4. The fraction of sp³-hybridized carbons (Fsp3) is 0.322. The maximum atomic E-state index is 15.1. The van der Waals surface area contributed by atoms with Gasteiger partial charge in [0, 0.05) is 112 Å². The largest absolute Gasteiger partial charge is 0.355 e. The summed E-state index contributed by atoms with van der Waals surface area (Å²) in [7, 11) is 0. The Morgan fingerprint density at radius 3 is 1.69 bits per heavy atom. The highest BCUT2D eigenvalue weighted by atomic mass is 35.5. The van der Waals surface area contributed by atoms with Crippen LogP contribution in [0.5, 0.6) is 0 Å². The molecular weight excluding hydrogens is 1590 g/mol. The van der Waals surface area contributed by atoms with E-state index in [1.165, 1.54) is 45.6 Å². The number of anilines is 4. The number of pyridine rings is 4. The van der Waals surface area contributed by atoms with Crippen molar-refractivity contribution in [1.82, 2.24) is 68.6 Å². The molecule has 120 heavy (non-hydrogen) atoms. The first kappa shape index (κ1) is 86.9. The molecule has 10 aromatic rings. The minimum atomic E-state index is -0.657. The molecule has 4 aliphatic heterocycles. The van der Waals surface area contributed by atoms with Crippen LogP contribution < -0.4 is 26.1 Å². The third-order valence-electron chi connectivity index (χ3n) is 21.4. The van der Waals surface area contributed by atoms with E-state index in [1.807, 2.05) is 88.0 Å². The maximum absolute atomic E-state index is 15.1. The van der Waals surface area contributed by atoms with E-state index < -0.39 is 40.3 Å². The lowest BCUT2D eigenvalue weighted by atomic mass is 9.95. The zero-order chi connectivity index (χ0) is 86.6. The van der Waals surface area contributed by atoms with Crippen molar-refractivity contribution >= 4 is 104 Å². The first-order chi connectivity index (χ1) is 57.3. The van der Waals surface area contributed by atoms with Gasteiger partial charge < -0.3 is 29.4 Å². The van der Waals surface area contributed by atoms with Gasteiger partial charge in [0.1, 0.15) is 52.2 Å². The summed E-state index contributed by atoms with van der Waals surface area (Å²) in [5, 5.41) is 11.2. The van der Waals surface area contributed by atoms with Gasteiger partial charge in [0.15, 0.2) is 11.5 Å². The van der Waals surface area contributed by atoms with Crippen LogP contribution in [-0.4, -0.2) is 169 Å². The van der Waals surface area contributed by atoms with Crippen LogP contribution in [0.2, 0.25) is 15.1 Å². The van der Waals surface area contributed by atoms with Crippen LogP contribution >= 0.6 is 34.8 Å². The predicted octanol–water partition coefficient (Wildman–Crippen LogP) is 15.7. The molecule has 0 N–H and O–H groups in total. The second kappa shape index (κ2) is 36.4. The van der Waals surface area contributed by atoms with E-state index in [-0.39, 0.29) is 99.4 Å². The number of piperazine rings is 3. The van der Waals surface area contributed by atoms with E-state index in [1.54, 1.807) is 88.8 Å². The van der Waals surface area contributed by atoms with Crippen molar-refractivity contribution in [2.75, 3.05) is 73.6 Å². The van der Waals surface area contributed by atoms with Crippen molar-refractivity contribution in [2.45, 2.75) is 126 Å². The number of halogens is 6. The van der Waals surface area contributed by atoms with Crippen LogP contribution in [0.15, 0.2) is 168 Å². The number of carbonyl (C=O) groups excluding carboxylic acids is 3. The van der Waals surface area contributed by atoms with Gasteiger partial charge in [-0.25, -0.2) is 57.2 Å². The lowest BCUT2D eigenvalue weighted by molar-refractivity contribution is -0.131. The van der Waals surface area contributed by atoms with E-state index in [2.05, 4.69) is 77.0 Å². The highest BCUT2D eigenvalue weighted by Gasteiger charge is 2.40. The van der Waals surface area contributed by atoms with Crippen LogP contribution in [-0.2, 0) is 27.3 Å². The van der Waals surface area contributed by atoms with Crippen LogP contribution in [0.4, 0.5) is 36.3 Å². The van der Waals surface area contributed by atoms with Gasteiger partial charge in [0.05, 0.1) is 95.5 Å².